The van der Waals surface area contributed by atoms with E-state index in [1.54, 1.807) is 32.0 Å². The normalized spacial score (nSPS) is 13.8. The van der Waals surface area contributed by atoms with E-state index in [0.29, 0.717) is 10.6 Å². The van der Waals surface area contributed by atoms with Crippen LogP contribution in [0.25, 0.3) is 0 Å². The van der Waals surface area contributed by atoms with Crippen LogP contribution in [0.1, 0.15) is 53.9 Å². The molecule has 1 aliphatic carbocycles. The Balaban J connectivity index is 1.74. The highest BCUT2D eigenvalue weighted by molar-refractivity contribution is 7.91. The molecule has 0 saturated heterocycles. The Morgan fingerprint density at radius 2 is 1.83 bits per heavy atom. The van der Waals surface area contributed by atoms with Crippen molar-refractivity contribution in [2.24, 2.45) is 0 Å². The Morgan fingerprint density at radius 3 is 2.52 bits per heavy atom. The fourth-order valence-corrected chi connectivity index (χ4v) is 5.86. The number of rotatable bonds is 7. The molecule has 1 heterocycles. The zero-order valence-electron chi connectivity index (χ0n) is 16.6. The van der Waals surface area contributed by atoms with Crippen LogP contribution in [0, 0.1) is 0 Å². The summed E-state index contributed by atoms with van der Waals surface area (Å²) in [6.07, 6.45) is 3.26. The number of hydrogen-bond donors (Lipinski definition) is 1. The molecule has 29 heavy (non-hydrogen) atoms. The van der Waals surface area contributed by atoms with Gasteiger partial charge in [0.15, 0.2) is 9.84 Å². The fourth-order valence-electron chi connectivity index (χ4n) is 3.30. The summed E-state index contributed by atoms with van der Waals surface area (Å²) in [4.78, 5) is 26.4. The quantitative estimate of drug-likeness (QED) is 0.664. The molecule has 1 N–H and O–H groups in total. The van der Waals surface area contributed by atoms with E-state index >= 15 is 0 Å². The van der Waals surface area contributed by atoms with Crippen molar-refractivity contribution in [2.45, 2.75) is 57.0 Å². The third-order valence-corrected chi connectivity index (χ3v) is 7.61. The second-order valence-electron chi connectivity index (χ2n) is 7.30. The molecule has 1 aliphatic rings. The number of nitrogens with one attached hydrogen (secondary N) is 1. The highest BCUT2D eigenvalue weighted by Crippen LogP contribution is 2.38. The molecular formula is C21H25NO5S2. The molecule has 0 bridgehead atoms. The SMILES string of the molecule is CC(C)OC(=O)c1c(NC(=O)CCS(=O)(=O)c2ccccc2)sc2c1CCCC2. The van der Waals surface area contributed by atoms with Gasteiger partial charge in [0.1, 0.15) is 5.00 Å². The van der Waals surface area contributed by atoms with Crippen molar-refractivity contribution in [1.82, 2.24) is 0 Å². The number of esters is 1. The van der Waals surface area contributed by atoms with Crippen LogP contribution in [0.2, 0.25) is 0 Å². The van der Waals surface area contributed by atoms with Gasteiger partial charge in [-0.25, -0.2) is 13.2 Å². The topological polar surface area (TPSA) is 89.5 Å². The number of anilines is 1. The van der Waals surface area contributed by atoms with Crippen molar-refractivity contribution in [1.29, 1.82) is 0 Å². The van der Waals surface area contributed by atoms with Crippen LogP contribution in [0.15, 0.2) is 35.2 Å². The van der Waals surface area contributed by atoms with Crippen LogP contribution in [0.3, 0.4) is 0 Å². The molecule has 0 atom stereocenters. The standard InChI is InChI=1S/C21H25NO5S2/c1-14(2)27-21(24)19-16-10-6-7-11-17(16)28-20(19)22-18(23)12-13-29(25,26)15-8-4-3-5-9-15/h3-5,8-9,14H,6-7,10-13H2,1-2H3,(H,22,23). The molecular weight excluding hydrogens is 410 g/mol. The number of thiophene rings is 1. The summed E-state index contributed by atoms with van der Waals surface area (Å²) in [6, 6.07) is 8.06. The lowest BCUT2D eigenvalue weighted by molar-refractivity contribution is -0.115. The predicted molar refractivity (Wildman–Crippen MR) is 113 cm³/mol. The van der Waals surface area contributed by atoms with E-state index in [0.717, 1.165) is 36.1 Å². The molecule has 0 fully saturated rings. The molecule has 0 spiro atoms. The first-order valence-electron chi connectivity index (χ1n) is 9.71. The molecule has 1 aromatic heterocycles. The van der Waals surface area contributed by atoms with E-state index < -0.39 is 21.7 Å². The number of hydrogen-bond acceptors (Lipinski definition) is 6. The van der Waals surface area contributed by atoms with Gasteiger partial charge in [0.2, 0.25) is 5.91 Å². The number of ether oxygens (including phenoxy) is 1. The summed E-state index contributed by atoms with van der Waals surface area (Å²) >= 11 is 1.39. The van der Waals surface area contributed by atoms with Gasteiger partial charge in [0.05, 0.1) is 22.3 Å². The molecule has 1 amide bonds. The first-order chi connectivity index (χ1) is 13.8. The largest absolute Gasteiger partial charge is 0.459 e. The Labute approximate surface area is 175 Å². The van der Waals surface area contributed by atoms with Gasteiger partial charge in [-0.15, -0.1) is 11.3 Å². The zero-order chi connectivity index (χ0) is 21.0. The Hall–Kier alpha value is -2.19. The molecule has 6 nitrogen and oxygen atoms in total. The van der Waals surface area contributed by atoms with Gasteiger partial charge in [0, 0.05) is 11.3 Å². The van der Waals surface area contributed by atoms with Gasteiger partial charge >= 0.3 is 5.97 Å². The minimum Gasteiger partial charge on any atom is -0.459 e. The van der Waals surface area contributed by atoms with Gasteiger partial charge < -0.3 is 10.1 Å². The highest BCUT2D eigenvalue weighted by atomic mass is 32.2. The van der Waals surface area contributed by atoms with E-state index in [9.17, 15) is 18.0 Å². The number of amides is 1. The van der Waals surface area contributed by atoms with E-state index in [-0.39, 0.29) is 23.2 Å². The van der Waals surface area contributed by atoms with E-state index in [2.05, 4.69) is 5.32 Å². The average Bonchev–Trinajstić information content (AvgIpc) is 3.04. The Kier molecular flexibility index (Phi) is 6.74. The third-order valence-electron chi connectivity index (χ3n) is 4.67. The van der Waals surface area contributed by atoms with Crippen LogP contribution >= 0.6 is 11.3 Å². The van der Waals surface area contributed by atoms with Crippen molar-refractivity contribution in [3.63, 3.8) is 0 Å². The lowest BCUT2D eigenvalue weighted by Crippen LogP contribution is -2.20. The second kappa shape index (κ2) is 9.09. The number of carbonyl (C=O) groups is 2. The fraction of sp³-hybridized carbons (Fsp3) is 0.429. The summed E-state index contributed by atoms with van der Waals surface area (Å²) in [6.45, 7) is 3.56. The maximum atomic E-state index is 12.6. The first-order valence-corrected chi connectivity index (χ1v) is 12.2. The minimum atomic E-state index is -3.54. The predicted octanol–water partition coefficient (Wildman–Crippen LogP) is 3.99. The van der Waals surface area contributed by atoms with Crippen LogP contribution in [0.4, 0.5) is 5.00 Å². The van der Waals surface area contributed by atoms with Crippen molar-refractivity contribution >= 4 is 38.1 Å². The molecule has 0 saturated carbocycles. The monoisotopic (exact) mass is 435 g/mol. The number of fused-ring (bicyclic) bond motifs is 1. The smallest absolute Gasteiger partial charge is 0.341 e. The second-order valence-corrected chi connectivity index (χ2v) is 10.5. The van der Waals surface area contributed by atoms with Crippen LogP contribution in [-0.2, 0) is 32.2 Å². The van der Waals surface area contributed by atoms with Crippen molar-refractivity contribution < 1.29 is 22.7 Å². The van der Waals surface area contributed by atoms with Gasteiger partial charge in [-0.2, -0.15) is 0 Å². The number of carbonyl (C=O) groups excluding carboxylic acids is 2. The van der Waals surface area contributed by atoms with Crippen LogP contribution < -0.4 is 5.32 Å². The molecule has 156 valence electrons. The molecule has 8 heteroatoms. The summed E-state index contributed by atoms with van der Waals surface area (Å²) in [7, 11) is -3.54. The minimum absolute atomic E-state index is 0.182. The summed E-state index contributed by atoms with van der Waals surface area (Å²) in [5, 5.41) is 3.22. The number of aryl methyl sites for hydroxylation is 1. The third kappa shape index (κ3) is 5.25. The van der Waals surface area contributed by atoms with Crippen LogP contribution in [0.5, 0.6) is 0 Å². The van der Waals surface area contributed by atoms with Crippen LogP contribution in [-0.4, -0.2) is 32.2 Å². The van der Waals surface area contributed by atoms with Crippen molar-refractivity contribution in [3.8, 4) is 0 Å². The van der Waals surface area contributed by atoms with Crippen molar-refractivity contribution in [3.05, 3.63) is 46.3 Å². The summed E-state index contributed by atoms with van der Waals surface area (Å²) in [5.74, 6) is -1.16. The number of sulfone groups is 1. The van der Waals surface area contributed by atoms with E-state index in [4.69, 9.17) is 4.74 Å². The molecule has 0 radical (unpaired) electrons. The molecule has 2 aromatic rings. The van der Waals surface area contributed by atoms with Gasteiger partial charge in [0.25, 0.3) is 0 Å². The lowest BCUT2D eigenvalue weighted by atomic mass is 9.95. The van der Waals surface area contributed by atoms with E-state index in [1.807, 2.05) is 0 Å². The maximum Gasteiger partial charge on any atom is 0.341 e. The number of benzene rings is 1. The van der Waals surface area contributed by atoms with Crippen molar-refractivity contribution in [2.75, 3.05) is 11.1 Å². The summed E-state index contributed by atoms with van der Waals surface area (Å²) in [5.41, 5.74) is 1.39. The molecule has 3 rings (SSSR count). The molecule has 0 aliphatic heterocycles. The highest BCUT2D eigenvalue weighted by Gasteiger charge is 2.28. The maximum absolute atomic E-state index is 12.6. The Morgan fingerprint density at radius 1 is 1.14 bits per heavy atom. The molecule has 0 unspecified atom stereocenters. The van der Waals surface area contributed by atoms with Gasteiger partial charge in [-0.05, 0) is 57.2 Å². The first kappa shape index (κ1) is 21.5. The zero-order valence-corrected chi connectivity index (χ0v) is 18.2. The average molecular weight is 436 g/mol. The lowest BCUT2D eigenvalue weighted by Gasteiger charge is -2.14. The van der Waals surface area contributed by atoms with Gasteiger partial charge in [-0.1, -0.05) is 18.2 Å². The summed E-state index contributed by atoms with van der Waals surface area (Å²) < 4.78 is 30.2. The molecule has 1 aromatic carbocycles. The van der Waals surface area contributed by atoms with Gasteiger partial charge in [-0.3, -0.25) is 4.79 Å². The Bertz CT molecular complexity index is 994. The van der Waals surface area contributed by atoms with E-state index in [1.165, 1.54) is 23.5 Å².